The number of amides is 1. The van der Waals surface area contributed by atoms with Gasteiger partial charge in [-0.25, -0.2) is 14.4 Å². The third-order valence-corrected chi connectivity index (χ3v) is 5.14. The molecule has 2 heterocycles. The molecule has 0 N–H and O–H groups in total. The van der Waals surface area contributed by atoms with Crippen LogP contribution in [-0.2, 0) is 13.1 Å². The fourth-order valence-electron chi connectivity index (χ4n) is 3.40. The van der Waals surface area contributed by atoms with E-state index in [1.165, 1.54) is 12.1 Å². The minimum Gasteiger partial charge on any atom is -0.357 e. The average Bonchev–Trinajstić information content (AvgIpc) is 3.15. The van der Waals surface area contributed by atoms with Crippen LogP contribution in [-0.4, -0.2) is 33.5 Å². The Morgan fingerprint density at radius 1 is 1.16 bits per heavy atom. The number of carbonyl (C=O) groups excluding carboxylic acids is 1. The van der Waals surface area contributed by atoms with Gasteiger partial charge < -0.3 is 14.4 Å². The Labute approximate surface area is 182 Å². The molecule has 2 aromatic heterocycles. The lowest BCUT2D eigenvalue weighted by atomic mass is 10.2. The molecule has 0 fully saturated rings. The molecule has 0 aliphatic rings. The summed E-state index contributed by atoms with van der Waals surface area (Å²) >= 11 is 0. The molecule has 0 saturated carbocycles. The molecular weight excluding hydrogens is 393 g/mol. The van der Waals surface area contributed by atoms with Crippen molar-refractivity contribution in [3.63, 3.8) is 0 Å². The number of anilines is 2. The molecule has 3 aromatic rings. The fraction of sp³-hybridized carbons (Fsp3) is 0.292. The van der Waals surface area contributed by atoms with Crippen LogP contribution in [0.15, 0.2) is 61.4 Å². The van der Waals surface area contributed by atoms with Gasteiger partial charge in [0.1, 0.15) is 23.2 Å². The fourth-order valence-corrected chi connectivity index (χ4v) is 3.40. The van der Waals surface area contributed by atoms with Crippen molar-refractivity contribution in [1.82, 2.24) is 14.5 Å². The van der Waals surface area contributed by atoms with Crippen LogP contribution < -0.4 is 9.80 Å². The second kappa shape index (κ2) is 10.0. The first-order valence-corrected chi connectivity index (χ1v) is 10.4. The van der Waals surface area contributed by atoms with Gasteiger partial charge in [-0.2, -0.15) is 0 Å². The third-order valence-electron chi connectivity index (χ3n) is 5.14. The molecule has 3 rings (SSSR count). The Kier molecular flexibility index (Phi) is 7.18. The zero-order valence-corrected chi connectivity index (χ0v) is 18.3. The van der Waals surface area contributed by atoms with Crippen LogP contribution in [0.25, 0.3) is 0 Å². The molecule has 0 atom stereocenters. The van der Waals surface area contributed by atoms with Gasteiger partial charge in [-0.05, 0) is 56.7 Å². The maximum Gasteiger partial charge on any atom is 0.278 e. The van der Waals surface area contributed by atoms with Gasteiger partial charge in [0.2, 0.25) is 0 Å². The van der Waals surface area contributed by atoms with Gasteiger partial charge in [0.25, 0.3) is 5.91 Å². The first-order valence-electron chi connectivity index (χ1n) is 10.4. The predicted molar refractivity (Wildman–Crippen MR) is 122 cm³/mol. The lowest BCUT2D eigenvalue weighted by Crippen LogP contribution is -2.31. The summed E-state index contributed by atoms with van der Waals surface area (Å²) in [5, 5.41) is 0. The van der Waals surface area contributed by atoms with E-state index in [0.717, 1.165) is 30.3 Å². The quantitative estimate of drug-likeness (QED) is 0.474. The van der Waals surface area contributed by atoms with Gasteiger partial charge in [0.15, 0.2) is 0 Å². The number of aromatic nitrogens is 3. The number of pyridine rings is 1. The van der Waals surface area contributed by atoms with Crippen LogP contribution in [0.3, 0.4) is 0 Å². The topological polar surface area (TPSA) is 54.3 Å². The molecule has 162 valence electrons. The van der Waals surface area contributed by atoms with Gasteiger partial charge in [0, 0.05) is 37.7 Å². The van der Waals surface area contributed by atoms with E-state index in [0.29, 0.717) is 24.5 Å². The van der Waals surface area contributed by atoms with Gasteiger partial charge in [0.05, 0.1) is 6.54 Å². The molecule has 0 spiro atoms. The van der Waals surface area contributed by atoms with Gasteiger partial charge >= 0.3 is 0 Å². The number of rotatable bonds is 9. The Morgan fingerprint density at radius 2 is 1.87 bits per heavy atom. The summed E-state index contributed by atoms with van der Waals surface area (Å²) in [5.74, 6) is 1.01. The molecule has 7 heteroatoms. The van der Waals surface area contributed by atoms with Crippen LogP contribution >= 0.6 is 0 Å². The van der Waals surface area contributed by atoms with Crippen molar-refractivity contribution in [2.45, 2.75) is 33.9 Å². The summed E-state index contributed by atoms with van der Waals surface area (Å²) in [6, 6.07) is 9.81. The summed E-state index contributed by atoms with van der Waals surface area (Å²) in [5.41, 5.74) is 1.79. The van der Waals surface area contributed by atoms with E-state index in [9.17, 15) is 9.18 Å². The zero-order chi connectivity index (χ0) is 22.4. The number of allylic oxidation sites excluding steroid dienone is 1. The number of hydrogen-bond donors (Lipinski definition) is 0. The van der Waals surface area contributed by atoms with Crippen molar-refractivity contribution in [2.24, 2.45) is 0 Å². The van der Waals surface area contributed by atoms with Crippen LogP contribution in [0.5, 0.6) is 0 Å². The molecule has 0 unspecified atom stereocenters. The van der Waals surface area contributed by atoms with E-state index in [-0.39, 0.29) is 11.7 Å². The lowest BCUT2D eigenvalue weighted by Gasteiger charge is -2.23. The first-order chi connectivity index (χ1) is 15.0. The van der Waals surface area contributed by atoms with Crippen molar-refractivity contribution >= 4 is 17.4 Å². The van der Waals surface area contributed by atoms with Crippen LogP contribution in [0.4, 0.5) is 15.9 Å². The summed E-state index contributed by atoms with van der Waals surface area (Å²) in [4.78, 5) is 26.1. The molecule has 31 heavy (non-hydrogen) atoms. The molecule has 0 aliphatic heterocycles. The van der Waals surface area contributed by atoms with Crippen LogP contribution in [0, 0.1) is 12.7 Å². The van der Waals surface area contributed by atoms with E-state index < -0.39 is 0 Å². The van der Waals surface area contributed by atoms with Crippen molar-refractivity contribution in [2.75, 3.05) is 22.9 Å². The van der Waals surface area contributed by atoms with Crippen LogP contribution in [0.2, 0.25) is 0 Å². The smallest absolute Gasteiger partial charge is 0.278 e. The molecule has 0 aliphatic carbocycles. The van der Waals surface area contributed by atoms with E-state index in [4.69, 9.17) is 0 Å². The SMILES string of the molecule is C=CCn1cc(C(=O)N(Cc2ccc(N(CC)CC)nc2)c2ccc(F)cc2)nc1C. The summed E-state index contributed by atoms with van der Waals surface area (Å²) in [6.07, 6.45) is 5.25. The van der Waals surface area contributed by atoms with Gasteiger partial charge in [-0.1, -0.05) is 12.1 Å². The highest BCUT2D eigenvalue weighted by molar-refractivity contribution is 6.04. The summed E-state index contributed by atoms with van der Waals surface area (Å²) < 4.78 is 15.4. The van der Waals surface area contributed by atoms with Crippen molar-refractivity contribution in [3.05, 3.63) is 84.3 Å². The highest BCUT2D eigenvalue weighted by atomic mass is 19.1. The van der Waals surface area contributed by atoms with Crippen molar-refractivity contribution in [3.8, 4) is 0 Å². The van der Waals surface area contributed by atoms with E-state index in [1.807, 2.05) is 23.6 Å². The number of nitrogens with zero attached hydrogens (tertiary/aromatic N) is 5. The monoisotopic (exact) mass is 421 g/mol. The minimum atomic E-state index is -0.354. The van der Waals surface area contributed by atoms with E-state index in [2.05, 4.69) is 35.3 Å². The number of aryl methyl sites for hydroxylation is 1. The molecular formula is C24H28FN5O. The number of carbonyl (C=O) groups is 1. The predicted octanol–water partition coefficient (Wildman–Crippen LogP) is 4.60. The summed E-state index contributed by atoms with van der Waals surface area (Å²) in [7, 11) is 0. The number of benzene rings is 1. The molecule has 1 amide bonds. The Balaban J connectivity index is 1.91. The number of halogens is 1. The molecule has 1 aromatic carbocycles. The van der Waals surface area contributed by atoms with Gasteiger partial charge in [-0.15, -0.1) is 6.58 Å². The Hall–Kier alpha value is -3.48. The minimum absolute atomic E-state index is 0.259. The molecule has 6 nitrogen and oxygen atoms in total. The van der Waals surface area contributed by atoms with Crippen LogP contribution in [0.1, 0.15) is 35.7 Å². The first kappa shape index (κ1) is 22.2. The molecule has 0 radical (unpaired) electrons. The van der Waals surface area contributed by atoms with Crippen molar-refractivity contribution in [1.29, 1.82) is 0 Å². The number of imidazole rings is 1. The highest BCUT2D eigenvalue weighted by Gasteiger charge is 2.22. The van der Waals surface area contributed by atoms with E-state index >= 15 is 0 Å². The van der Waals surface area contributed by atoms with E-state index in [1.54, 1.807) is 35.5 Å². The van der Waals surface area contributed by atoms with Crippen molar-refractivity contribution < 1.29 is 9.18 Å². The Morgan fingerprint density at radius 3 is 2.45 bits per heavy atom. The summed E-state index contributed by atoms with van der Waals surface area (Å²) in [6.45, 7) is 12.4. The molecule has 0 bridgehead atoms. The number of hydrogen-bond acceptors (Lipinski definition) is 4. The molecule has 0 saturated heterocycles. The largest absolute Gasteiger partial charge is 0.357 e. The normalized spacial score (nSPS) is 10.7. The standard InChI is InChI=1S/C24H28FN5O/c1-5-14-29-17-22(27-18(29)4)24(31)30(21-11-9-20(25)10-12-21)16-19-8-13-23(26-15-19)28(6-2)7-3/h5,8-13,15,17H,1,6-7,14,16H2,2-4H3. The average molecular weight is 422 g/mol. The zero-order valence-electron chi connectivity index (χ0n) is 18.3. The maximum atomic E-state index is 13.5. The second-order valence-electron chi connectivity index (χ2n) is 7.18. The lowest BCUT2D eigenvalue weighted by molar-refractivity contribution is 0.0980. The second-order valence-corrected chi connectivity index (χ2v) is 7.18. The Bertz CT molecular complexity index is 1020. The third kappa shape index (κ3) is 5.17. The van der Waals surface area contributed by atoms with Gasteiger partial charge in [-0.3, -0.25) is 4.79 Å². The maximum absolute atomic E-state index is 13.5. The highest BCUT2D eigenvalue weighted by Crippen LogP contribution is 2.22.